The van der Waals surface area contributed by atoms with Gasteiger partial charge in [0.2, 0.25) is 0 Å². The second-order valence-electron chi connectivity index (χ2n) is 7.92. The average molecular weight is 409 g/mol. The Labute approximate surface area is 173 Å². The van der Waals surface area contributed by atoms with Gasteiger partial charge in [0, 0.05) is 33.7 Å². The van der Waals surface area contributed by atoms with Gasteiger partial charge in [-0.25, -0.2) is 4.98 Å². The van der Waals surface area contributed by atoms with Crippen LogP contribution < -0.4 is 5.32 Å². The van der Waals surface area contributed by atoms with E-state index in [1.807, 2.05) is 31.2 Å². The van der Waals surface area contributed by atoms with Crippen molar-refractivity contribution in [1.82, 2.24) is 14.8 Å². The summed E-state index contributed by atoms with van der Waals surface area (Å²) in [7, 11) is 0. The quantitative estimate of drug-likeness (QED) is 0.484. The number of carbonyl (C=O) groups excluding carboxylic acids is 1. The first kappa shape index (κ1) is 19.2. The van der Waals surface area contributed by atoms with Gasteiger partial charge >= 0.3 is 0 Å². The molecule has 0 unspecified atom stereocenters. The lowest BCUT2D eigenvalue weighted by atomic mass is 9.92. The second kappa shape index (κ2) is 7.04. The molecule has 0 radical (unpaired) electrons. The van der Waals surface area contributed by atoms with Gasteiger partial charge in [0.1, 0.15) is 11.4 Å². The number of nitrogens with zero attached hydrogens (tertiary/aromatic N) is 3. The predicted molar refractivity (Wildman–Crippen MR) is 114 cm³/mol. The Bertz CT molecular complexity index is 1200. The van der Waals surface area contributed by atoms with E-state index in [0.717, 1.165) is 16.6 Å². The van der Waals surface area contributed by atoms with Crippen molar-refractivity contribution in [2.75, 3.05) is 5.32 Å². The van der Waals surface area contributed by atoms with Crippen molar-refractivity contribution >= 4 is 34.3 Å². The van der Waals surface area contributed by atoms with Crippen LogP contribution >= 0.6 is 11.6 Å². The van der Waals surface area contributed by atoms with Gasteiger partial charge in [-0.1, -0.05) is 38.4 Å². The Morgan fingerprint density at radius 2 is 1.97 bits per heavy atom. The zero-order valence-corrected chi connectivity index (χ0v) is 17.4. The molecule has 7 heteroatoms. The molecule has 148 valence electrons. The summed E-state index contributed by atoms with van der Waals surface area (Å²) >= 11 is 6.08. The number of nitrogens with one attached hydrogen (secondary N) is 1. The maximum atomic E-state index is 13.0. The van der Waals surface area contributed by atoms with Gasteiger partial charge in [0.05, 0.1) is 5.69 Å². The highest BCUT2D eigenvalue weighted by Gasteiger charge is 2.24. The molecule has 29 heavy (non-hydrogen) atoms. The third-order valence-corrected chi connectivity index (χ3v) is 4.93. The molecular weight excluding hydrogens is 388 g/mol. The van der Waals surface area contributed by atoms with Gasteiger partial charge in [0.25, 0.3) is 5.91 Å². The molecule has 0 spiro atoms. The van der Waals surface area contributed by atoms with Gasteiger partial charge in [-0.15, -0.1) is 0 Å². The monoisotopic (exact) mass is 408 g/mol. The van der Waals surface area contributed by atoms with Crippen LogP contribution in [0.25, 0.3) is 16.8 Å². The Kier molecular flexibility index (Phi) is 4.67. The first-order chi connectivity index (χ1) is 13.7. The lowest BCUT2D eigenvalue weighted by molar-refractivity contribution is 0.0997. The number of benzene rings is 1. The highest BCUT2D eigenvalue weighted by Crippen LogP contribution is 2.30. The van der Waals surface area contributed by atoms with Crippen LogP contribution in [-0.4, -0.2) is 20.7 Å². The molecule has 0 aliphatic heterocycles. The maximum Gasteiger partial charge on any atom is 0.292 e. The maximum absolute atomic E-state index is 13.0. The molecule has 4 aromatic rings. The molecule has 1 amide bonds. The first-order valence-electron chi connectivity index (χ1n) is 9.26. The Morgan fingerprint density at radius 3 is 2.66 bits per heavy atom. The van der Waals surface area contributed by atoms with E-state index >= 15 is 0 Å². The van der Waals surface area contributed by atoms with E-state index in [4.69, 9.17) is 16.0 Å². The van der Waals surface area contributed by atoms with Gasteiger partial charge in [-0.05, 0) is 37.3 Å². The summed E-state index contributed by atoms with van der Waals surface area (Å²) in [4.78, 5) is 17.4. The molecule has 0 atom stereocenters. The number of aromatic nitrogens is 3. The van der Waals surface area contributed by atoms with Crippen molar-refractivity contribution in [2.45, 2.75) is 33.1 Å². The van der Waals surface area contributed by atoms with E-state index in [0.29, 0.717) is 22.2 Å². The molecule has 3 heterocycles. The highest BCUT2D eigenvalue weighted by molar-refractivity contribution is 6.31. The predicted octanol–water partition coefficient (Wildman–Crippen LogP) is 5.53. The minimum absolute atomic E-state index is 0.189. The van der Waals surface area contributed by atoms with E-state index in [1.54, 1.807) is 29.1 Å². The summed E-state index contributed by atoms with van der Waals surface area (Å²) in [6.07, 6.45) is 1.69. The first-order valence-corrected chi connectivity index (χ1v) is 9.64. The van der Waals surface area contributed by atoms with Gasteiger partial charge in [0.15, 0.2) is 11.6 Å². The van der Waals surface area contributed by atoms with Gasteiger partial charge < -0.3 is 9.73 Å². The Balaban J connectivity index is 1.75. The molecule has 0 aliphatic carbocycles. The number of halogens is 1. The smallest absolute Gasteiger partial charge is 0.292 e. The van der Waals surface area contributed by atoms with Crippen LogP contribution in [0.4, 0.5) is 5.82 Å². The molecule has 0 bridgehead atoms. The van der Waals surface area contributed by atoms with Crippen molar-refractivity contribution in [2.24, 2.45) is 0 Å². The number of anilines is 1. The number of hydrogen-bond acceptors (Lipinski definition) is 4. The van der Waals surface area contributed by atoms with Crippen LogP contribution in [0.15, 0.2) is 53.1 Å². The fraction of sp³-hybridized carbons (Fsp3) is 0.227. The SMILES string of the molecule is Cc1c(C(=O)Nc2cc(C(C)(C)C)nn2-c2ccccn2)oc2ccc(Cl)cc12. The third-order valence-electron chi connectivity index (χ3n) is 4.69. The van der Waals surface area contributed by atoms with Crippen molar-refractivity contribution in [3.8, 4) is 5.82 Å². The molecule has 0 saturated heterocycles. The molecule has 0 fully saturated rings. The molecule has 0 aliphatic rings. The zero-order chi connectivity index (χ0) is 20.8. The van der Waals surface area contributed by atoms with Crippen molar-refractivity contribution in [1.29, 1.82) is 0 Å². The van der Waals surface area contributed by atoms with Crippen LogP contribution in [0.2, 0.25) is 5.02 Å². The van der Waals surface area contributed by atoms with E-state index < -0.39 is 0 Å². The minimum atomic E-state index is -0.354. The minimum Gasteiger partial charge on any atom is -0.451 e. The number of pyridine rings is 1. The molecule has 3 aromatic heterocycles. The zero-order valence-electron chi connectivity index (χ0n) is 16.7. The number of rotatable bonds is 3. The number of fused-ring (bicyclic) bond motifs is 1. The second-order valence-corrected chi connectivity index (χ2v) is 8.35. The van der Waals surface area contributed by atoms with Crippen LogP contribution in [0.1, 0.15) is 42.6 Å². The molecular formula is C22H21ClN4O2. The van der Waals surface area contributed by atoms with Crippen molar-refractivity contribution in [3.05, 3.63) is 70.7 Å². The Morgan fingerprint density at radius 1 is 1.17 bits per heavy atom. The number of carbonyl (C=O) groups is 1. The van der Waals surface area contributed by atoms with E-state index in [9.17, 15) is 4.79 Å². The van der Waals surface area contributed by atoms with E-state index in [2.05, 4.69) is 36.2 Å². The number of aryl methyl sites for hydroxylation is 1. The lowest BCUT2D eigenvalue weighted by Gasteiger charge is -2.13. The highest BCUT2D eigenvalue weighted by atomic mass is 35.5. The topological polar surface area (TPSA) is 73.0 Å². The number of amides is 1. The summed E-state index contributed by atoms with van der Waals surface area (Å²) in [6.45, 7) is 8.04. The van der Waals surface area contributed by atoms with Crippen LogP contribution in [-0.2, 0) is 5.41 Å². The average Bonchev–Trinajstić information content (AvgIpc) is 3.24. The third kappa shape index (κ3) is 3.63. The lowest BCUT2D eigenvalue weighted by Crippen LogP contribution is -2.16. The fourth-order valence-corrected chi connectivity index (χ4v) is 3.25. The number of furan rings is 1. The van der Waals surface area contributed by atoms with E-state index in [-0.39, 0.29) is 17.1 Å². The van der Waals surface area contributed by atoms with E-state index in [1.165, 1.54) is 0 Å². The van der Waals surface area contributed by atoms with Crippen molar-refractivity contribution < 1.29 is 9.21 Å². The number of hydrogen-bond donors (Lipinski definition) is 1. The summed E-state index contributed by atoms with van der Waals surface area (Å²) in [5, 5.41) is 9.01. The standard InChI is InChI=1S/C22H21ClN4O2/c1-13-15-11-14(23)8-9-16(15)29-20(13)21(28)25-19-12-17(22(2,3)4)26-27(19)18-7-5-6-10-24-18/h5-12H,1-4H3,(H,25,28). The van der Waals surface area contributed by atoms with Crippen LogP contribution in [0.5, 0.6) is 0 Å². The molecule has 6 nitrogen and oxygen atoms in total. The molecule has 1 aromatic carbocycles. The fourth-order valence-electron chi connectivity index (χ4n) is 3.07. The van der Waals surface area contributed by atoms with Crippen molar-refractivity contribution in [3.63, 3.8) is 0 Å². The normalized spacial score (nSPS) is 11.8. The van der Waals surface area contributed by atoms with Gasteiger partial charge in [-0.3, -0.25) is 4.79 Å². The van der Waals surface area contributed by atoms with Crippen LogP contribution in [0, 0.1) is 6.92 Å². The largest absolute Gasteiger partial charge is 0.451 e. The Hall–Kier alpha value is -3.12. The summed E-state index contributed by atoms with van der Waals surface area (Å²) < 4.78 is 7.42. The molecule has 1 N–H and O–H groups in total. The summed E-state index contributed by atoms with van der Waals surface area (Å²) in [5.74, 6) is 1.03. The molecule has 0 saturated carbocycles. The molecule has 4 rings (SSSR count). The summed E-state index contributed by atoms with van der Waals surface area (Å²) in [6, 6.07) is 12.7. The van der Waals surface area contributed by atoms with Gasteiger partial charge in [-0.2, -0.15) is 9.78 Å². The van der Waals surface area contributed by atoms with Crippen LogP contribution in [0.3, 0.4) is 0 Å². The summed E-state index contributed by atoms with van der Waals surface area (Å²) in [5.41, 5.74) is 2.00.